The lowest BCUT2D eigenvalue weighted by Gasteiger charge is -2.27. The lowest BCUT2D eigenvalue weighted by atomic mass is 10.0. The molecule has 2 aromatic rings. The second kappa shape index (κ2) is 7.23. The molecule has 1 atom stereocenters. The lowest BCUT2D eigenvalue weighted by Crippen LogP contribution is -2.29. The van der Waals surface area contributed by atoms with Crippen molar-refractivity contribution in [2.45, 2.75) is 19.0 Å². The average molecular weight is 294 g/mol. The maximum Gasteiger partial charge on any atom is 0.0999 e. The first kappa shape index (κ1) is 14.8. The Hall–Kier alpha value is -2.13. The molecule has 1 aliphatic rings. The van der Waals surface area contributed by atoms with Crippen molar-refractivity contribution < 1.29 is 4.74 Å². The molecule has 0 radical (unpaired) electrons. The van der Waals surface area contributed by atoms with Crippen LogP contribution in [0.4, 0.5) is 0 Å². The molecule has 0 saturated heterocycles. The fourth-order valence-corrected chi connectivity index (χ4v) is 2.85. The van der Waals surface area contributed by atoms with Crippen molar-refractivity contribution in [1.29, 1.82) is 0 Å². The molecule has 0 bridgehead atoms. The van der Waals surface area contributed by atoms with Gasteiger partial charge in [0.25, 0.3) is 0 Å². The van der Waals surface area contributed by atoms with Crippen LogP contribution in [0.3, 0.4) is 0 Å². The van der Waals surface area contributed by atoms with Gasteiger partial charge in [-0.05, 0) is 23.1 Å². The number of aliphatic imine (C=N–C) groups is 1. The minimum Gasteiger partial charge on any atom is -0.382 e. The van der Waals surface area contributed by atoms with Gasteiger partial charge in [0.15, 0.2) is 0 Å². The molecule has 3 rings (SSSR count). The van der Waals surface area contributed by atoms with E-state index in [0.29, 0.717) is 6.61 Å². The minimum atomic E-state index is 0.0587. The highest BCUT2D eigenvalue weighted by Crippen LogP contribution is 2.20. The molecule has 3 heteroatoms. The Morgan fingerprint density at radius 1 is 1.09 bits per heavy atom. The van der Waals surface area contributed by atoms with Crippen LogP contribution < -0.4 is 0 Å². The number of fused-ring (bicyclic) bond motifs is 1. The predicted molar refractivity (Wildman–Crippen MR) is 90.1 cm³/mol. The summed E-state index contributed by atoms with van der Waals surface area (Å²) in [6.45, 7) is 2.56. The Morgan fingerprint density at radius 3 is 2.59 bits per heavy atom. The standard InChI is InChI=1S/C19H22N2O/c1-22-14-19(17-8-3-2-4-9-17)20-15-21-12-11-16-7-5-6-10-18(16)13-21/h2-10,15,19H,11-14H2,1H3. The number of hydrogen-bond acceptors (Lipinski definition) is 2. The summed E-state index contributed by atoms with van der Waals surface area (Å²) in [7, 11) is 1.72. The molecule has 1 unspecified atom stereocenters. The summed E-state index contributed by atoms with van der Waals surface area (Å²) in [4.78, 5) is 7.04. The maximum atomic E-state index is 5.32. The van der Waals surface area contributed by atoms with Crippen LogP contribution >= 0.6 is 0 Å². The number of rotatable bonds is 5. The van der Waals surface area contributed by atoms with Gasteiger partial charge in [-0.3, -0.25) is 4.99 Å². The van der Waals surface area contributed by atoms with Gasteiger partial charge in [-0.15, -0.1) is 0 Å². The first-order valence-electron chi connectivity index (χ1n) is 7.75. The van der Waals surface area contributed by atoms with Crippen LogP contribution in [0.25, 0.3) is 0 Å². The van der Waals surface area contributed by atoms with E-state index in [2.05, 4.69) is 41.3 Å². The molecule has 2 aromatic carbocycles. The summed E-state index contributed by atoms with van der Waals surface area (Å²) in [5, 5.41) is 0. The Kier molecular flexibility index (Phi) is 4.86. The van der Waals surface area contributed by atoms with E-state index < -0.39 is 0 Å². The Labute approximate surface area is 132 Å². The molecular formula is C19H22N2O. The van der Waals surface area contributed by atoms with Gasteiger partial charge in [0, 0.05) is 20.2 Å². The second-order valence-electron chi connectivity index (χ2n) is 5.64. The number of benzene rings is 2. The number of methoxy groups -OCH3 is 1. The molecule has 3 nitrogen and oxygen atoms in total. The van der Waals surface area contributed by atoms with E-state index in [1.165, 1.54) is 16.7 Å². The maximum absolute atomic E-state index is 5.32. The zero-order chi connectivity index (χ0) is 15.2. The zero-order valence-corrected chi connectivity index (χ0v) is 13.0. The molecule has 0 fully saturated rings. The first-order valence-corrected chi connectivity index (χ1v) is 7.75. The van der Waals surface area contributed by atoms with Gasteiger partial charge in [-0.2, -0.15) is 0 Å². The normalized spacial score (nSPS) is 15.8. The van der Waals surface area contributed by atoms with E-state index >= 15 is 0 Å². The van der Waals surface area contributed by atoms with Crippen molar-refractivity contribution in [3.63, 3.8) is 0 Å². The van der Waals surface area contributed by atoms with Gasteiger partial charge in [0.2, 0.25) is 0 Å². The zero-order valence-electron chi connectivity index (χ0n) is 13.0. The van der Waals surface area contributed by atoms with Crippen molar-refractivity contribution in [2.75, 3.05) is 20.3 Å². The fourth-order valence-electron chi connectivity index (χ4n) is 2.85. The van der Waals surface area contributed by atoms with Crippen molar-refractivity contribution >= 4 is 6.34 Å². The third-order valence-corrected chi connectivity index (χ3v) is 4.08. The van der Waals surface area contributed by atoms with Crippen molar-refractivity contribution in [3.05, 3.63) is 71.3 Å². The monoisotopic (exact) mass is 294 g/mol. The van der Waals surface area contributed by atoms with E-state index in [1.54, 1.807) is 7.11 Å². The van der Waals surface area contributed by atoms with Gasteiger partial charge in [0.1, 0.15) is 0 Å². The highest BCUT2D eigenvalue weighted by molar-refractivity contribution is 5.57. The van der Waals surface area contributed by atoms with Gasteiger partial charge in [-0.25, -0.2) is 0 Å². The number of ether oxygens (including phenoxy) is 1. The van der Waals surface area contributed by atoms with Crippen molar-refractivity contribution in [1.82, 2.24) is 4.90 Å². The highest BCUT2D eigenvalue weighted by atomic mass is 16.5. The molecule has 114 valence electrons. The molecule has 1 heterocycles. The van der Waals surface area contributed by atoms with E-state index in [9.17, 15) is 0 Å². The summed E-state index contributed by atoms with van der Waals surface area (Å²) in [5.74, 6) is 0. The van der Waals surface area contributed by atoms with E-state index in [0.717, 1.165) is 19.5 Å². The summed E-state index contributed by atoms with van der Waals surface area (Å²) in [6.07, 6.45) is 3.08. The van der Waals surface area contributed by atoms with Crippen molar-refractivity contribution in [3.8, 4) is 0 Å². The summed E-state index contributed by atoms with van der Waals surface area (Å²) in [5.41, 5.74) is 4.06. The van der Waals surface area contributed by atoms with Crippen LogP contribution in [0.5, 0.6) is 0 Å². The Balaban J connectivity index is 1.70. The third-order valence-electron chi connectivity index (χ3n) is 4.08. The molecule has 1 aliphatic heterocycles. The molecule has 22 heavy (non-hydrogen) atoms. The predicted octanol–water partition coefficient (Wildman–Crippen LogP) is 3.46. The lowest BCUT2D eigenvalue weighted by molar-refractivity contribution is 0.181. The fraction of sp³-hybridized carbons (Fsp3) is 0.316. The van der Waals surface area contributed by atoms with Crippen LogP contribution in [0.2, 0.25) is 0 Å². The van der Waals surface area contributed by atoms with Crippen LogP contribution in [0.15, 0.2) is 59.6 Å². The molecular weight excluding hydrogens is 272 g/mol. The molecule has 0 spiro atoms. The van der Waals surface area contributed by atoms with Gasteiger partial charge in [-0.1, -0.05) is 54.6 Å². The van der Waals surface area contributed by atoms with Gasteiger partial charge >= 0.3 is 0 Å². The largest absolute Gasteiger partial charge is 0.382 e. The van der Waals surface area contributed by atoms with Gasteiger partial charge in [0.05, 0.1) is 19.0 Å². The number of hydrogen-bond donors (Lipinski definition) is 0. The molecule has 0 aromatic heterocycles. The van der Waals surface area contributed by atoms with E-state index in [-0.39, 0.29) is 6.04 Å². The number of nitrogens with zero attached hydrogens (tertiary/aromatic N) is 2. The topological polar surface area (TPSA) is 24.8 Å². The summed E-state index contributed by atoms with van der Waals surface area (Å²) < 4.78 is 5.32. The molecule has 0 aliphatic carbocycles. The summed E-state index contributed by atoms with van der Waals surface area (Å²) in [6, 6.07) is 19.0. The smallest absolute Gasteiger partial charge is 0.0999 e. The van der Waals surface area contributed by atoms with Gasteiger partial charge < -0.3 is 9.64 Å². The van der Waals surface area contributed by atoms with Crippen molar-refractivity contribution in [2.24, 2.45) is 4.99 Å². The highest BCUT2D eigenvalue weighted by Gasteiger charge is 2.14. The minimum absolute atomic E-state index is 0.0587. The first-order chi connectivity index (χ1) is 10.9. The quantitative estimate of drug-likeness (QED) is 0.623. The Morgan fingerprint density at radius 2 is 1.82 bits per heavy atom. The molecule has 0 saturated carbocycles. The Bertz CT molecular complexity index is 624. The van der Waals surface area contributed by atoms with Crippen LogP contribution in [0, 0.1) is 0 Å². The molecule has 0 N–H and O–H groups in total. The second-order valence-corrected chi connectivity index (χ2v) is 5.64. The van der Waals surface area contributed by atoms with Crippen LogP contribution in [-0.4, -0.2) is 31.5 Å². The average Bonchev–Trinajstić information content (AvgIpc) is 2.59. The summed E-state index contributed by atoms with van der Waals surface area (Å²) >= 11 is 0. The third kappa shape index (κ3) is 3.55. The van der Waals surface area contributed by atoms with Crippen LogP contribution in [-0.2, 0) is 17.7 Å². The van der Waals surface area contributed by atoms with Crippen LogP contribution in [0.1, 0.15) is 22.7 Å². The SMILES string of the molecule is COCC(N=CN1CCc2ccccc2C1)c1ccccc1. The van der Waals surface area contributed by atoms with E-state index in [4.69, 9.17) is 9.73 Å². The van der Waals surface area contributed by atoms with E-state index in [1.807, 2.05) is 24.5 Å². The molecule has 0 amide bonds.